The molecule has 5 rings (SSSR count). The first-order chi connectivity index (χ1) is 18.8. The van der Waals surface area contributed by atoms with Crippen LogP contribution < -0.4 is 10.6 Å². The van der Waals surface area contributed by atoms with Crippen LogP contribution in [-0.2, 0) is 16.1 Å². The van der Waals surface area contributed by atoms with E-state index >= 15 is 0 Å². The Bertz CT molecular complexity index is 1600. The van der Waals surface area contributed by atoms with Gasteiger partial charge in [-0.3, -0.25) is 19.3 Å². The van der Waals surface area contributed by atoms with Crippen molar-refractivity contribution in [1.82, 2.24) is 4.90 Å². The molecule has 0 saturated heterocycles. The molecule has 0 unspecified atom stereocenters. The van der Waals surface area contributed by atoms with Crippen LogP contribution in [0.2, 0.25) is 0 Å². The van der Waals surface area contributed by atoms with Crippen molar-refractivity contribution in [2.45, 2.75) is 25.3 Å². The standard InChI is InChI=1S/C30H24FN3O4S/c1-18-8-13-23(15-19(18)2)32-26-27(30(37)34(29(26)36)17-24-6-4-14-38-24)39-25-7-3-5-22(16-25)33-28(35)20-9-11-21(31)12-10-20/h3-16,32H,17H2,1-2H3,(H,33,35). The van der Waals surface area contributed by atoms with Crippen LogP contribution in [0.3, 0.4) is 0 Å². The lowest BCUT2D eigenvalue weighted by Gasteiger charge is -2.14. The second-order valence-electron chi connectivity index (χ2n) is 8.99. The fourth-order valence-electron chi connectivity index (χ4n) is 3.98. The third-order valence-corrected chi connectivity index (χ3v) is 7.29. The van der Waals surface area contributed by atoms with Crippen LogP contribution in [0, 0.1) is 19.7 Å². The SMILES string of the molecule is Cc1ccc(NC2=C(Sc3cccc(NC(=O)c4ccc(F)cc4)c3)C(=O)N(Cc3ccco3)C2=O)cc1C. The van der Waals surface area contributed by atoms with Crippen LogP contribution >= 0.6 is 11.8 Å². The second-order valence-corrected chi connectivity index (χ2v) is 10.1. The molecule has 0 fully saturated rings. The Morgan fingerprint density at radius 1 is 0.897 bits per heavy atom. The molecule has 39 heavy (non-hydrogen) atoms. The number of carbonyl (C=O) groups is 3. The van der Waals surface area contributed by atoms with Crippen LogP contribution in [0.5, 0.6) is 0 Å². The minimum atomic E-state index is -0.460. The number of anilines is 2. The van der Waals surface area contributed by atoms with Gasteiger partial charge in [0.2, 0.25) is 0 Å². The molecule has 7 nitrogen and oxygen atoms in total. The first-order valence-electron chi connectivity index (χ1n) is 12.1. The van der Waals surface area contributed by atoms with Crippen molar-refractivity contribution < 1.29 is 23.2 Å². The van der Waals surface area contributed by atoms with Crippen LogP contribution in [0.4, 0.5) is 15.8 Å². The number of rotatable bonds is 8. The number of amides is 3. The number of imide groups is 1. The average molecular weight is 542 g/mol. The minimum absolute atomic E-state index is 0.000595. The van der Waals surface area contributed by atoms with E-state index in [0.717, 1.165) is 27.8 Å². The highest BCUT2D eigenvalue weighted by Gasteiger charge is 2.39. The summed E-state index contributed by atoms with van der Waals surface area (Å²) in [6.07, 6.45) is 1.49. The Morgan fingerprint density at radius 2 is 1.69 bits per heavy atom. The van der Waals surface area contributed by atoms with E-state index in [0.29, 0.717) is 27.6 Å². The maximum atomic E-state index is 13.5. The summed E-state index contributed by atoms with van der Waals surface area (Å²) in [5.41, 5.74) is 3.80. The summed E-state index contributed by atoms with van der Waals surface area (Å²) in [5, 5.41) is 5.94. The normalized spacial score (nSPS) is 13.3. The van der Waals surface area contributed by atoms with Crippen molar-refractivity contribution in [2.75, 3.05) is 10.6 Å². The largest absolute Gasteiger partial charge is 0.467 e. The molecular weight excluding hydrogens is 517 g/mol. The highest BCUT2D eigenvalue weighted by atomic mass is 32.2. The highest BCUT2D eigenvalue weighted by molar-refractivity contribution is 8.04. The quantitative estimate of drug-likeness (QED) is 0.256. The monoisotopic (exact) mass is 541 g/mol. The van der Waals surface area contributed by atoms with Crippen molar-refractivity contribution in [3.8, 4) is 0 Å². The summed E-state index contributed by atoms with van der Waals surface area (Å²) >= 11 is 1.13. The van der Waals surface area contributed by atoms with E-state index in [4.69, 9.17) is 4.42 Å². The number of benzene rings is 3. The minimum Gasteiger partial charge on any atom is -0.467 e. The molecule has 0 aliphatic carbocycles. The Balaban J connectivity index is 1.42. The first-order valence-corrected chi connectivity index (χ1v) is 12.9. The Hall–Kier alpha value is -4.63. The third kappa shape index (κ3) is 5.78. The molecule has 3 aromatic carbocycles. The zero-order valence-corrected chi connectivity index (χ0v) is 22.0. The predicted octanol–water partition coefficient (Wildman–Crippen LogP) is 6.27. The topological polar surface area (TPSA) is 91.7 Å². The Labute approximate surface area is 228 Å². The molecule has 0 atom stereocenters. The summed E-state index contributed by atoms with van der Waals surface area (Å²) in [5.74, 6) is -1.25. The van der Waals surface area contributed by atoms with Gasteiger partial charge < -0.3 is 15.1 Å². The molecule has 1 aliphatic heterocycles. The van der Waals surface area contributed by atoms with Crippen molar-refractivity contribution in [3.63, 3.8) is 0 Å². The van der Waals surface area contributed by atoms with Crippen LogP contribution in [-0.4, -0.2) is 22.6 Å². The van der Waals surface area contributed by atoms with Crippen molar-refractivity contribution in [1.29, 1.82) is 0 Å². The van der Waals surface area contributed by atoms with Crippen molar-refractivity contribution >= 4 is 40.9 Å². The summed E-state index contributed by atoms with van der Waals surface area (Å²) < 4.78 is 18.6. The van der Waals surface area contributed by atoms with E-state index in [1.165, 1.54) is 30.5 Å². The van der Waals surface area contributed by atoms with Gasteiger partial charge in [0.15, 0.2) is 0 Å². The number of hydrogen-bond acceptors (Lipinski definition) is 6. The molecule has 0 radical (unpaired) electrons. The number of furan rings is 1. The van der Waals surface area contributed by atoms with Gasteiger partial charge in [-0.15, -0.1) is 0 Å². The van der Waals surface area contributed by atoms with Crippen LogP contribution in [0.15, 0.2) is 105 Å². The zero-order chi connectivity index (χ0) is 27.5. The van der Waals surface area contributed by atoms with Gasteiger partial charge in [-0.25, -0.2) is 4.39 Å². The smallest absolute Gasteiger partial charge is 0.278 e. The number of nitrogens with one attached hydrogen (secondary N) is 2. The number of thioether (sulfide) groups is 1. The molecular formula is C30H24FN3O4S. The molecule has 1 aromatic heterocycles. The molecule has 1 aliphatic rings. The van der Waals surface area contributed by atoms with Gasteiger partial charge >= 0.3 is 0 Å². The van der Waals surface area contributed by atoms with Gasteiger partial charge in [-0.2, -0.15) is 0 Å². The first kappa shape index (κ1) is 26.0. The fourth-order valence-corrected chi connectivity index (χ4v) is 4.99. The predicted molar refractivity (Wildman–Crippen MR) is 147 cm³/mol. The van der Waals surface area contributed by atoms with E-state index in [1.807, 2.05) is 32.0 Å². The van der Waals surface area contributed by atoms with Crippen molar-refractivity contribution in [3.05, 3.63) is 124 Å². The lowest BCUT2D eigenvalue weighted by atomic mass is 10.1. The van der Waals surface area contributed by atoms with E-state index in [2.05, 4.69) is 10.6 Å². The Morgan fingerprint density at radius 3 is 2.41 bits per heavy atom. The lowest BCUT2D eigenvalue weighted by molar-refractivity contribution is -0.138. The number of nitrogens with zero attached hydrogens (tertiary/aromatic N) is 1. The number of carbonyl (C=O) groups excluding carboxylic acids is 3. The van der Waals surface area contributed by atoms with E-state index in [9.17, 15) is 18.8 Å². The molecule has 3 amide bonds. The molecule has 2 N–H and O–H groups in total. The number of hydrogen-bond donors (Lipinski definition) is 2. The molecule has 4 aromatic rings. The average Bonchev–Trinajstić information content (AvgIpc) is 3.51. The summed E-state index contributed by atoms with van der Waals surface area (Å²) in [4.78, 5) is 41.5. The fraction of sp³-hybridized carbons (Fsp3) is 0.100. The lowest BCUT2D eigenvalue weighted by Crippen LogP contribution is -2.31. The van der Waals surface area contributed by atoms with E-state index in [1.54, 1.807) is 36.4 Å². The molecule has 0 spiro atoms. The molecule has 9 heteroatoms. The van der Waals surface area contributed by atoms with Gasteiger partial charge in [0.25, 0.3) is 17.7 Å². The molecule has 0 saturated carbocycles. The third-order valence-electron chi connectivity index (χ3n) is 6.21. The van der Waals surface area contributed by atoms with Gasteiger partial charge in [-0.05, 0) is 91.7 Å². The zero-order valence-electron chi connectivity index (χ0n) is 21.2. The highest BCUT2D eigenvalue weighted by Crippen LogP contribution is 2.37. The molecule has 196 valence electrons. The van der Waals surface area contributed by atoms with Gasteiger partial charge in [0.05, 0.1) is 12.8 Å². The summed E-state index contributed by atoms with van der Waals surface area (Å²) in [6.45, 7) is 3.97. The van der Waals surface area contributed by atoms with E-state index < -0.39 is 23.5 Å². The van der Waals surface area contributed by atoms with Crippen LogP contribution in [0.25, 0.3) is 0 Å². The van der Waals surface area contributed by atoms with E-state index in [-0.39, 0.29) is 17.1 Å². The second kappa shape index (κ2) is 11.0. The van der Waals surface area contributed by atoms with Crippen LogP contribution in [0.1, 0.15) is 27.2 Å². The van der Waals surface area contributed by atoms with Crippen molar-refractivity contribution in [2.24, 2.45) is 0 Å². The van der Waals surface area contributed by atoms with Gasteiger partial charge in [-0.1, -0.05) is 23.9 Å². The summed E-state index contributed by atoms with van der Waals surface area (Å²) in [6, 6.07) is 21.3. The Kier molecular flexibility index (Phi) is 7.33. The molecule has 2 heterocycles. The number of aryl methyl sites for hydroxylation is 2. The van der Waals surface area contributed by atoms with Gasteiger partial charge in [0, 0.05) is 21.8 Å². The number of halogens is 1. The van der Waals surface area contributed by atoms with Gasteiger partial charge in [0.1, 0.15) is 22.2 Å². The summed E-state index contributed by atoms with van der Waals surface area (Å²) in [7, 11) is 0. The molecule has 0 bridgehead atoms. The maximum Gasteiger partial charge on any atom is 0.278 e. The maximum absolute atomic E-state index is 13.5.